The lowest BCUT2D eigenvalue weighted by atomic mass is 9.92. The molecule has 1 aliphatic heterocycles. The van der Waals surface area contributed by atoms with Crippen molar-refractivity contribution in [1.82, 2.24) is 4.90 Å². The van der Waals surface area contributed by atoms with Gasteiger partial charge >= 0.3 is 0 Å². The zero-order chi connectivity index (χ0) is 21.1. The van der Waals surface area contributed by atoms with Gasteiger partial charge in [-0.25, -0.2) is 0 Å². The van der Waals surface area contributed by atoms with Gasteiger partial charge in [0.05, 0.1) is 25.3 Å². The largest absolute Gasteiger partial charge is 0.507 e. The van der Waals surface area contributed by atoms with Crippen LogP contribution >= 0.6 is 0 Å². The van der Waals surface area contributed by atoms with Crippen molar-refractivity contribution in [2.45, 2.75) is 19.9 Å². The van der Waals surface area contributed by atoms with Gasteiger partial charge in [0.1, 0.15) is 11.5 Å². The van der Waals surface area contributed by atoms with Gasteiger partial charge < -0.3 is 19.5 Å². The molecule has 6 nitrogen and oxygen atoms in total. The van der Waals surface area contributed by atoms with Crippen LogP contribution in [0.15, 0.2) is 48.0 Å². The molecule has 0 spiro atoms. The fraction of sp³-hybridized carbons (Fsp3) is 0.304. The van der Waals surface area contributed by atoms with Gasteiger partial charge in [-0.1, -0.05) is 24.3 Å². The van der Waals surface area contributed by atoms with Crippen LogP contribution in [0.5, 0.6) is 5.75 Å². The molecular weight excluding hydrogens is 370 g/mol. The van der Waals surface area contributed by atoms with Crippen LogP contribution in [0.4, 0.5) is 0 Å². The summed E-state index contributed by atoms with van der Waals surface area (Å²) in [5.74, 6) is -0.845. The molecule has 0 radical (unpaired) electrons. The molecule has 1 fully saturated rings. The zero-order valence-electron chi connectivity index (χ0n) is 17.1. The standard InChI is InChI=1S/C23H25NO5/c1-14-7-5-6-8-17(14)20-19(22(26)23(27)24(20)11-12-28-3)21(25)16-9-10-18(29-4)15(2)13-16/h5-10,13,20,25H,11-12H2,1-4H3/b21-19+. The lowest BCUT2D eigenvalue weighted by Gasteiger charge is -2.26. The van der Waals surface area contributed by atoms with Crippen LogP contribution < -0.4 is 4.74 Å². The number of hydrogen-bond acceptors (Lipinski definition) is 5. The molecule has 1 atom stereocenters. The Morgan fingerprint density at radius 3 is 2.41 bits per heavy atom. The minimum atomic E-state index is -0.694. The Kier molecular flexibility index (Phi) is 6.03. The summed E-state index contributed by atoms with van der Waals surface area (Å²) in [6.07, 6.45) is 0. The summed E-state index contributed by atoms with van der Waals surface area (Å²) in [4.78, 5) is 27.2. The third kappa shape index (κ3) is 3.76. The Bertz CT molecular complexity index is 979. The number of aryl methyl sites for hydroxylation is 2. The molecular formula is C23H25NO5. The van der Waals surface area contributed by atoms with E-state index in [1.165, 1.54) is 4.90 Å². The normalized spacial score (nSPS) is 18.3. The molecule has 1 amide bonds. The Labute approximate surface area is 170 Å². The maximum atomic E-state index is 12.9. The molecule has 0 bridgehead atoms. The summed E-state index contributed by atoms with van der Waals surface area (Å²) < 4.78 is 10.4. The fourth-order valence-corrected chi connectivity index (χ4v) is 3.70. The maximum absolute atomic E-state index is 12.9. The van der Waals surface area contributed by atoms with Crippen LogP contribution in [-0.2, 0) is 14.3 Å². The lowest BCUT2D eigenvalue weighted by Crippen LogP contribution is -2.32. The number of aliphatic hydroxyl groups is 1. The van der Waals surface area contributed by atoms with E-state index in [0.29, 0.717) is 11.3 Å². The zero-order valence-corrected chi connectivity index (χ0v) is 17.1. The second-order valence-electron chi connectivity index (χ2n) is 7.03. The van der Waals surface area contributed by atoms with Crippen molar-refractivity contribution in [2.24, 2.45) is 0 Å². The van der Waals surface area contributed by atoms with Gasteiger partial charge in [0.2, 0.25) is 0 Å². The number of rotatable bonds is 6. The second kappa shape index (κ2) is 8.49. The fourth-order valence-electron chi connectivity index (χ4n) is 3.70. The molecule has 0 saturated carbocycles. The van der Waals surface area contributed by atoms with Crippen molar-refractivity contribution < 1.29 is 24.2 Å². The molecule has 1 heterocycles. The summed E-state index contributed by atoms with van der Waals surface area (Å²) in [7, 11) is 3.11. The number of likely N-dealkylation sites (tertiary alicyclic amines) is 1. The number of aliphatic hydroxyl groups excluding tert-OH is 1. The molecule has 1 saturated heterocycles. The van der Waals surface area contributed by atoms with Crippen molar-refractivity contribution >= 4 is 17.4 Å². The molecule has 0 aliphatic carbocycles. The molecule has 3 rings (SSSR count). The quantitative estimate of drug-likeness (QED) is 0.461. The van der Waals surface area contributed by atoms with Gasteiger partial charge in [-0.2, -0.15) is 0 Å². The molecule has 152 valence electrons. The Morgan fingerprint density at radius 1 is 1.07 bits per heavy atom. The second-order valence-corrected chi connectivity index (χ2v) is 7.03. The Balaban J connectivity index is 2.19. The monoisotopic (exact) mass is 395 g/mol. The summed E-state index contributed by atoms with van der Waals surface area (Å²) in [6.45, 7) is 4.31. The van der Waals surface area contributed by atoms with E-state index in [4.69, 9.17) is 9.47 Å². The molecule has 6 heteroatoms. The van der Waals surface area contributed by atoms with Gasteiger partial charge in [-0.15, -0.1) is 0 Å². The summed E-state index contributed by atoms with van der Waals surface area (Å²) in [5, 5.41) is 11.1. The Hall–Kier alpha value is -3.12. The predicted molar refractivity (Wildman–Crippen MR) is 110 cm³/mol. The SMILES string of the molecule is COCCN1C(=O)C(=O)/C(=C(/O)c2ccc(OC)c(C)c2)C1c1ccccc1C. The van der Waals surface area contributed by atoms with Crippen LogP contribution in [-0.4, -0.2) is 49.1 Å². The first kappa shape index (κ1) is 20.6. The van der Waals surface area contributed by atoms with E-state index < -0.39 is 17.7 Å². The van der Waals surface area contributed by atoms with Gasteiger partial charge in [-0.05, 0) is 48.7 Å². The average Bonchev–Trinajstić information content (AvgIpc) is 2.96. The van der Waals surface area contributed by atoms with Crippen molar-refractivity contribution in [3.63, 3.8) is 0 Å². The third-order valence-corrected chi connectivity index (χ3v) is 5.23. The molecule has 2 aromatic rings. The Morgan fingerprint density at radius 2 is 1.79 bits per heavy atom. The minimum absolute atomic E-state index is 0.0879. The number of ether oxygens (including phenoxy) is 2. The van der Waals surface area contributed by atoms with Crippen LogP contribution in [0.25, 0.3) is 5.76 Å². The molecule has 0 aromatic heterocycles. The smallest absolute Gasteiger partial charge is 0.295 e. The summed E-state index contributed by atoms with van der Waals surface area (Å²) in [6, 6.07) is 12.0. The highest BCUT2D eigenvalue weighted by atomic mass is 16.5. The topological polar surface area (TPSA) is 76.1 Å². The van der Waals surface area contributed by atoms with Gasteiger partial charge in [0.15, 0.2) is 0 Å². The van der Waals surface area contributed by atoms with E-state index in [2.05, 4.69) is 0 Å². The number of ketones is 1. The van der Waals surface area contributed by atoms with Gasteiger partial charge in [-0.3, -0.25) is 9.59 Å². The van der Waals surface area contributed by atoms with E-state index >= 15 is 0 Å². The van der Waals surface area contributed by atoms with Gasteiger partial charge in [0, 0.05) is 19.2 Å². The number of Topliss-reactive ketones (excluding diaryl/α,β-unsaturated/α-hetero) is 1. The highest BCUT2D eigenvalue weighted by molar-refractivity contribution is 6.46. The van der Waals surface area contributed by atoms with Crippen molar-refractivity contribution in [3.05, 3.63) is 70.3 Å². The molecule has 2 aromatic carbocycles. The number of nitrogens with zero attached hydrogens (tertiary/aromatic N) is 1. The van der Waals surface area contributed by atoms with Crippen LogP contribution in [0.2, 0.25) is 0 Å². The predicted octanol–water partition coefficient (Wildman–Crippen LogP) is 3.38. The number of amides is 1. The first-order chi connectivity index (χ1) is 13.9. The third-order valence-electron chi connectivity index (χ3n) is 5.23. The molecule has 1 unspecified atom stereocenters. The van der Waals surface area contributed by atoms with Crippen LogP contribution in [0.1, 0.15) is 28.3 Å². The van der Waals surface area contributed by atoms with Crippen molar-refractivity contribution in [2.75, 3.05) is 27.4 Å². The molecule has 1 aliphatic rings. The maximum Gasteiger partial charge on any atom is 0.295 e. The highest BCUT2D eigenvalue weighted by Gasteiger charge is 2.46. The lowest BCUT2D eigenvalue weighted by molar-refractivity contribution is -0.140. The van der Waals surface area contributed by atoms with E-state index in [9.17, 15) is 14.7 Å². The van der Waals surface area contributed by atoms with Crippen LogP contribution in [0, 0.1) is 13.8 Å². The number of hydrogen-bond donors (Lipinski definition) is 1. The minimum Gasteiger partial charge on any atom is -0.507 e. The van der Waals surface area contributed by atoms with Crippen molar-refractivity contribution in [1.29, 1.82) is 0 Å². The summed E-state index contributed by atoms with van der Waals surface area (Å²) >= 11 is 0. The van der Waals surface area contributed by atoms with E-state index in [-0.39, 0.29) is 24.5 Å². The highest BCUT2D eigenvalue weighted by Crippen LogP contribution is 2.40. The molecule has 29 heavy (non-hydrogen) atoms. The van der Waals surface area contributed by atoms with Gasteiger partial charge in [0.25, 0.3) is 11.7 Å². The van der Waals surface area contributed by atoms with E-state index in [1.54, 1.807) is 32.4 Å². The van der Waals surface area contributed by atoms with E-state index in [0.717, 1.165) is 16.7 Å². The van der Waals surface area contributed by atoms with Crippen molar-refractivity contribution in [3.8, 4) is 5.75 Å². The molecule has 1 N–H and O–H groups in total. The van der Waals surface area contributed by atoms with E-state index in [1.807, 2.05) is 38.1 Å². The first-order valence-corrected chi connectivity index (χ1v) is 9.38. The average molecular weight is 395 g/mol. The van der Waals surface area contributed by atoms with Crippen LogP contribution in [0.3, 0.4) is 0 Å². The number of carbonyl (C=O) groups excluding carboxylic acids is 2. The number of benzene rings is 2. The number of carbonyl (C=O) groups is 2. The first-order valence-electron chi connectivity index (χ1n) is 9.38. The number of methoxy groups -OCH3 is 2. The summed E-state index contributed by atoms with van der Waals surface area (Å²) in [5.41, 5.74) is 3.10.